The van der Waals surface area contributed by atoms with Gasteiger partial charge in [0.1, 0.15) is 54.9 Å². The number of carbonyl (C=O) groups excluding carboxylic acids is 3. The Morgan fingerprint density at radius 3 is 1.98 bits per heavy atom. The quantitative estimate of drug-likeness (QED) is 0.0764. The first kappa shape index (κ1) is 45.3. The van der Waals surface area contributed by atoms with E-state index in [4.69, 9.17) is 47.4 Å². The van der Waals surface area contributed by atoms with Crippen molar-refractivity contribution in [1.29, 1.82) is 0 Å². The van der Waals surface area contributed by atoms with Gasteiger partial charge in [-0.05, 0) is 60.3 Å². The lowest BCUT2D eigenvalue weighted by Crippen LogP contribution is -2.73. The van der Waals surface area contributed by atoms with Crippen molar-refractivity contribution < 1.29 is 61.8 Å². The molecule has 0 radical (unpaired) electrons. The first-order valence-electron chi connectivity index (χ1n) is 23.6. The van der Waals surface area contributed by atoms with E-state index < -0.39 is 60.0 Å². The second kappa shape index (κ2) is 17.9. The number of epoxide rings is 1. The van der Waals surface area contributed by atoms with Crippen molar-refractivity contribution in [2.24, 2.45) is 28.6 Å². The average Bonchev–Trinajstić information content (AvgIpc) is 4.24. The molecule has 0 amide bonds. The van der Waals surface area contributed by atoms with E-state index in [1.807, 2.05) is 91.0 Å². The number of fused-ring (bicyclic) bond motifs is 4. The molecule has 5 fully saturated rings. The Morgan fingerprint density at radius 2 is 1.38 bits per heavy atom. The minimum atomic E-state index is -0.940. The lowest BCUT2D eigenvalue weighted by molar-refractivity contribution is -0.322. The zero-order valence-corrected chi connectivity index (χ0v) is 38.5. The van der Waals surface area contributed by atoms with Gasteiger partial charge < -0.3 is 47.4 Å². The Kier molecular flexibility index (Phi) is 12.3. The molecule has 352 valence electrons. The number of rotatable bonds is 17. The van der Waals surface area contributed by atoms with Crippen molar-refractivity contribution >= 4 is 17.9 Å². The van der Waals surface area contributed by atoms with E-state index in [2.05, 4.69) is 27.7 Å². The highest BCUT2D eigenvalue weighted by Crippen LogP contribution is 2.82. The van der Waals surface area contributed by atoms with E-state index in [0.29, 0.717) is 13.0 Å². The zero-order chi connectivity index (χ0) is 45.8. The lowest BCUT2D eigenvalue weighted by atomic mass is 9.49. The van der Waals surface area contributed by atoms with Gasteiger partial charge >= 0.3 is 17.9 Å². The summed E-state index contributed by atoms with van der Waals surface area (Å²) in [7, 11) is 1.54. The topological polar surface area (TPSA) is 147 Å². The molecule has 0 aromatic heterocycles. The lowest BCUT2D eigenvalue weighted by Gasteiger charge is -2.61. The summed E-state index contributed by atoms with van der Waals surface area (Å²) in [6.07, 6.45) is -2.65. The third kappa shape index (κ3) is 7.63. The molecule has 13 nitrogen and oxygen atoms in total. The van der Waals surface area contributed by atoms with Crippen molar-refractivity contribution in [1.82, 2.24) is 0 Å². The van der Waals surface area contributed by atoms with Gasteiger partial charge in [0.2, 0.25) is 0 Å². The monoisotopic (exact) mass is 906 g/mol. The first-order valence-corrected chi connectivity index (χ1v) is 23.6. The van der Waals surface area contributed by atoms with Gasteiger partial charge in [0.15, 0.2) is 6.29 Å². The van der Waals surface area contributed by atoms with Crippen molar-refractivity contribution in [3.05, 3.63) is 119 Å². The molecule has 2 saturated carbocycles. The van der Waals surface area contributed by atoms with Crippen LogP contribution >= 0.6 is 0 Å². The van der Waals surface area contributed by atoms with Gasteiger partial charge in [-0.25, -0.2) is 4.79 Å². The SMILES string of the molecule is COC1OC(COC(=O)CCC(=O)O[C@@H]2[C@@]3(C(C)C)C[C@H]3[C@@H]3O[C@@]34[C@@]3(C)CCC5=C(COC5=O)[C@@H]3CO[C@]24C)C(OCc2ccccc2)C(OCc2ccccc2)C1OCc1ccccc1. The molecule has 3 aromatic carbocycles. The molecule has 7 aliphatic rings. The number of hydrogen-bond donors (Lipinski definition) is 0. The largest absolute Gasteiger partial charge is 0.463 e. The molecule has 10 rings (SSSR count). The minimum absolute atomic E-state index is 0.0305. The summed E-state index contributed by atoms with van der Waals surface area (Å²) in [4.78, 5) is 40.3. The van der Waals surface area contributed by atoms with Gasteiger partial charge in [-0.2, -0.15) is 0 Å². The molecule has 3 saturated heterocycles. The zero-order valence-electron chi connectivity index (χ0n) is 38.5. The number of cyclic esters (lactones) is 1. The van der Waals surface area contributed by atoms with Crippen LogP contribution in [0.25, 0.3) is 0 Å². The number of hydrogen-bond acceptors (Lipinski definition) is 13. The number of carbonyl (C=O) groups is 3. The van der Waals surface area contributed by atoms with Gasteiger partial charge in [0.25, 0.3) is 0 Å². The van der Waals surface area contributed by atoms with Crippen LogP contribution in [0.3, 0.4) is 0 Å². The van der Waals surface area contributed by atoms with Crippen LogP contribution < -0.4 is 0 Å². The maximum Gasteiger partial charge on any atom is 0.334 e. The fourth-order valence-electron chi connectivity index (χ4n) is 12.7. The van der Waals surface area contributed by atoms with Crippen LogP contribution in [-0.4, -0.2) is 99.0 Å². The molecule has 1 spiro atoms. The van der Waals surface area contributed by atoms with Crippen LogP contribution in [-0.2, 0) is 81.6 Å². The van der Waals surface area contributed by atoms with E-state index in [1.165, 1.54) is 0 Å². The van der Waals surface area contributed by atoms with Gasteiger partial charge in [0, 0.05) is 29.4 Å². The number of ether oxygens (including phenoxy) is 10. The highest BCUT2D eigenvalue weighted by molar-refractivity contribution is 5.92. The molecule has 4 aliphatic heterocycles. The Morgan fingerprint density at radius 1 is 0.788 bits per heavy atom. The summed E-state index contributed by atoms with van der Waals surface area (Å²) in [5, 5.41) is 0. The van der Waals surface area contributed by atoms with E-state index in [0.717, 1.165) is 40.7 Å². The molecule has 13 heteroatoms. The van der Waals surface area contributed by atoms with Crippen LogP contribution in [0, 0.1) is 28.6 Å². The molecular weight excluding hydrogens is 845 g/mol. The Balaban J connectivity index is 0.833. The van der Waals surface area contributed by atoms with Crippen LogP contribution in [0.15, 0.2) is 102 Å². The first-order chi connectivity index (χ1) is 31.9. The summed E-state index contributed by atoms with van der Waals surface area (Å²) < 4.78 is 64.1. The minimum Gasteiger partial charge on any atom is -0.463 e. The van der Waals surface area contributed by atoms with Crippen LogP contribution in [0.4, 0.5) is 0 Å². The molecule has 4 heterocycles. The smallest absolute Gasteiger partial charge is 0.334 e. The normalized spacial score (nSPS) is 37.1. The second-order valence-corrected chi connectivity index (χ2v) is 19.9. The molecule has 3 aliphatic carbocycles. The van der Waals surface area contributed by atoms with Gasteiger partial charge in [0.05, 0.1) is 45.4 Å². The van der Waals surface area contributed by atoms with Crippen LogP contribution in [0.1, 0.15) is 76.5 Å². The van der Waals surface area contributed by atoms with E-state index >= 15 is 0 Å². The third-order valence-corrected chi connectivity index (χ3v) is 16.3. The van der Waals surface area contributed by atoms with E-state index in [9.17, 15) is 14.4 Å². The third-order valence-electron chi connectivity index (χ3n) is 16.3. The summed E-state index contributed by atoms with van der Waals surface area (Å²) in [6.45, 7) is 9.93. The number of esters is 3. The fourth-order valence-corrected chi connectivity index (χ4v) is 12.7. The Labute approximate surface area is 386 Å². The number of benzene rings is 3. The summed E-state index contributed by atoms with van der Waals surface area (Å²) in [5.41, 5.74) is 2.39. The Bertz CT molecular complexity index is 2290. The van der Waals surface area contributed by atoms with Gasteiger partial charge in [-0.3, -0.25) is 9.59 Å². The highest BCUT2D eigenvalue weighted by atomic mass is 16.7. The summed E-state index contributed by atoms with van der Waals surface area (Å²) in [5.74, 6) is -0.945. The maximum absolute atomic E-state index is 14.0. The summed E-state index contributed by atoms with van der Waals surface area (Å²) >= 11 is 0. The molecule has 0 N–H and O–H groups in total. The van der Waals surface area contributed by atoms with Crippen molar-refractivity contribution in [2.75, 3.05) is 26.9 Å². The van der Waals surface area contributed by atoms with Crippen molar-refractivity contribution in [3.8, 4) is 0 Å². The fraction of sp³-hybridized carbons (Fsp3) is 0.566. The van der Waals surface area contributed by atoms with Gasteiger partial charge in [-0.1, -0.05) is 112 Å². The second-order valence-electron chi connectivity index (χ2n) is 19.9. The van der Waals surface area contributed by atoms with Crippen LogP contribution in [0.5, 0.6) is 0 Å². The predicted molar refractivity (Wildman–Crippen MR) is 237 cm³/mol. The molecule has 0 bridgehead atoms. The number of methoxy groups -OCH3 is 1. The average molecular weight is 907 g/mol. The molecule has 5 unspecified atom stereocenters. The van der Waals surface area contributed by atoms with Crippen LogP contribution in [0.2, 0.25) is 0 Å². The Hall–Kier alpha value is -4.47. The van der Waals surface area contributed by atoms with E-state index in [-0.39, 0.29) is 86.5 Å². The molecule has 13 atom stereocenters. The van der Waals surface area contributed by atoms with E-state index in [1.54, 1.807) is 7.11 Å². The predicted octanol–water partition coefficient (Wildman–Crippen LogP) is 7.22. The molecule has 66 heavy (non-hydrogen) atoms. The highest BCUT2D eigenvalue weighted by Gasteiger charge is 2.93. The maximum atomic E-state index is 14.0. The molecular formula is C53H62O13. The summed E-state index contributed by atoms with van der Waals surface area (Å²) in [6, 6.07) is 29.5. The van der Waals surface area contributed by atoms with Crippen molar-refractivity contribution in [3.63, 3.8) is 0 Å². The van der Waals surface area contributed by atoms with Crippen molar-refractivity contribution in [2.45, 2.75) is 134 Å². The molecule has 3 aromatic rings. The van der Waals surface area contributed by atoms with Gasteiger partial charge in [-0.15, -0.1) is 0 Å². The standard InChI is InChI=1S/C53H62O13/c1-32(2)52-25-38(52)46-53(66-46)50(3)24-23-36-37(29-62-47(36)56)39(50)30-63-51(53,4)49(52)65-42(55)22-21-41(54)58-31-40-43(59-26-33-15-9-6-10-16-33)44(60-27-34-17-11-7-12-18-34)45(48(57-5)64-40)61-28-35-19-13-8-14-20-35/h6-20,32,38-40,43-46,48-49H,21-31H2,1-5H3/t38-,39-,40?,43?,44?,45?,46-,48?,49-,50-,51+,52+,53+/m0/s1.